The predicted octanol–water partition coefficient (Wildman–Crippen LogP) is 2.11. The van der Waals surface area contributed by atoms with Crippen molar-refractivity contribution in [2.45, 2.75) is 6.92 Å². The van der Waals surface area contributed by atoms with Gasteiger partial charge in [0, 0.05) is 6.54 Å². The molecule has 1 aromatic rings. The third kappa shape index (κ3) is 1.71. The van der Waals surface area contributed by atoms with Gasteiger partial charge in [0.2, 0.25) is 0 Å². The molecular formula is C10H12FN. The first-order chi connectivity index (χ1) is 5.65. The van der Waals surface area contributed by atoms with E-state index in [1.807, 2.05) is 0 Å². The Kier molecular flexibility index (Phi) is 2.61. The summed E-state index contributed by atoms with van der Waals surface area (Å²) in [6, 6.07) is 4.88. The molecule has 0 atom stereocenters. The first-order valence-corrected chi connectivity index (χ1v) is 3.79. The summed E-state index contributed by atoms with van der Waals surface area (Å²) in [6.45, 7) is 5.90. The average Bonchev–Trinajstić information content (AvgIpc) is 2.08. The number of benzene rings is 1. The molecule has 0 aliphatic rings. The molecule has 0 aliphatic carbocycles. The topological polar surface area (TPSA) is 26.0 Å². The molecule has 0 saturated heterocycles. The van der Waals surface area contributed by atoms with Crippen LogP contribution in [0.25, 0.3) is 5.57 Å². The van der Waals surface area contributed by atoms with E-state index in [0.717, 1.165) is 11.1 Å². The lowest BCUT2D eigenvalue weighted by molar-refractivity contribution is 0.618. The van der Waals surface area contributed by atoms with Gasteiger partial charge in [-0.2, -0.15) is 0 Å². The monoisotopic (exact) mass is 165 g/mol. The zero-order valence-electron chi connectivity index (χ0n) is 7.10. The molecule has 0 aliphatic heterocycles. The summed E-state index contributed by atoms with van der Waals surface area (Å²) < 4.78 is 12.8. The zero-order valence-corrected chi connectivity index (χ0v) is 7.10. The van der Waals surface area contributed by atoms with Gasteiger partial charge in [0.05, 0.1) is 0 Å². The predicted molar refractivity (Wildman–Crippen MR) is 49.2 cm³/mol. The molecule has 0 radical (unpaired) electrons. The largest absolute Gasteiger partial charge is 0.326 e. The molecular weight excluding hydrogens is 153 g/mol. The Labute approximate surface area is 71.7 Å². The second-order valence-corrected chi connectivity index (χ2v) is 2.77. The summed E-state index contributed by atoms with van der Waals surface area (Å²) in [7, 11) is 0. The summed E-state index contributed by atoms with van der Waals surface area (Å²) in [4.78, 5) is 0. The van der Waals surface area contributed by atoms with Gasteiger partial charge >= 0.3 is 0 Å². The lowest BCUT2D eigenvalue weighted by Gasteiger charge is -2.03. The van der Waals surface area contributed by atoms with Crippen molar-refractivity contribution in [2.24, 2.45) is 5.73 Å². The minimum absolute atomic E-state index is 0.191. The van der Waals surface area contributed by atoms with Crippen LogP contribution in [0.5, 0.6) is 0 Å². The second-order valence-electron chi connectivity index (χ2n) is 2.77. The highest BCUT2D eigenvalue weighted by atomic mass is 19.1. The zero-order chi connectivity index (χ0) is 9.14. The molecule has 1 aromatic carbocycles. The van der Waals surface area contributed by atoms with Crippen molar-refractivity contribution in [3.63, 3.8) is 0 Å². The number of rotatable bonds is 2. The molecule has 0 bridgehead atoms. The van der Waals surface area contributed by atoms with Gasteiger partial charge in [0.1, 0.15) is 5.82 Å². The normalized spacial score (nSPS) is 9.92. The van der Waals surface area contributed by atoms with Crippen LogP contribution in [0.2, 0.25) is 0 Å². The van der Waals surface area contributed by atoms with Crippen molar-refractivity contribution in [3.8, 4) is 0 Å². The van der Waals surface area contributed by atoms with Gasteiger partial charge < -0.3 is 5.73 Å². The fourth-order valence-corrected chi connectivity index (χ4v) is 0.982. The molecule has 64 valence electrons. The molecule has 0 unspecified atom stereocenters. The van der Waals surface area contributed by atoms with E-state index in [1.165, 1.54) is 6.07 Å². The van der Waals surface area contributed by atoms with Crippen LogP contribution in [0.3, 0.4) is 0 Å². The lowest BCUT2D eigenvalue weighted by Crippen LogP contribution is -2.01. The Hall–Kier alpha value is -1.15. The summed E-state index contributed by atoms with van der Waals surface area (Å²) in [5.74, 6) is -0.191. The Morgan fingerprint density at radius 3 is 2.75 bits per heavy atom. The fraction of sp³-hybridized carbons (Fsp3) is 0.200. The van der Waals surface area contributed by atoms with Gasteiger partial charge in [0.15, 0.2) is 0 Å². The van der Waals surface area contributed by atoms with Gasteiger partial charge in [-0.25, -0.2) is 4.39 Å². The highest BCUT2D eigenvalue weighted by molar-refractivity contribution is 5.64. The van der Waals surface area contributed by atoms with E-state index in [1.54, 1.807) is 19.1 Å². The molecule has 12 heavy (non-hydrogen) atoms. The minimum atomic E-state index is -0.191. The van der Waals surface area contributed by atoms with Crippen LogP contribution in [0.1, 0.15) is 11.1 Å². The van der Waals surface area contributed by atoms with Gasteiger partial charge in [-0.3, -0.25) is 0 Å². The second kappa shape index (κ2) is 3.50. The maximum atomic E-state index is 12.8. The molecule has 0 spiro atoms. The lowest BCUT2D eigenvalue weighted by atomic mass is 10.1. The average molecular weight is 165 g/mol. The standard InChI is InChI=1S/C10H12FN/c1-7-5-9(8(2)6-12)3-4-10(7)11/h3-5H,2,6,12H2,1H3. The fourth-order valence-electron chi connectivity index (χ4n) is 0.982. The number of halogens is 1. The number of hydrogen-bond donors (Lipinski definition) is 1. The molecule has 1 rings (SSSR count). The van der Waals surface area contributed by atoms with E-state index < -0.39 is 0 Å². The highest BCUT2D eigenvalue weighted by Gasteiger charge is 2.00. The third-order valence-corrected chi connectivity index (χ3v) is 1.81. The van der Waals surface area contributed by atoms with E-state index in [-0.39, 0.29) is 5.82 Å². The van der Waals surface area contributed by atoms with E-state index >= 15 is 0 Å². The van der Waals surface area contributed by atoms with Crippen LogP contribution in [-0.2, 0) is 0 Å². The van der Waals surface area contributed by atoms with Gasteiger partial charge in [-0.15, -0.1) is 0 Å². The minimum Gasteiger partial charge on any atom is -0.326 e. The molecule has 2 heteroatoms. The molecule has 0 aromatic heterocycles. The molecule has 0 heterocycles. The van der Waals surface area contributed by atoms with E-state index in [0.29, 0.717) is 12.1 Å². The first kappa shape index (κ1) is 8.94. The van der Waals surface area contributed by atoms with Crippen molar-refractivity contribution in [1.82, 2.24) is 0 Å². The third-order valence-electron chi connectivity index (χ3n) is 1.81. The summed E-state index contributed by atoms with van der Waals surface area (Å²) in [5.41, 5.74) is 7.77. The molecule has 2 N–H and O–H groups in total. The summed E-state index contributed by atoms with van der Waals surface area (Å²) in [5, 5.41) is 0. The highest BCUT2D eigenvalue weighted by Crippen LogP contribution is 2.14. The van der Waals surface area contributed by atoms with Crippen LogP contribution < -0.4 is 5.73 Å². The molecule has 0 amide bonds. The maximum absolute atomic E-state index is 12.8. The van der Waals surface area contributed by atoms with Crippen molar-refractivity contribution >= 4 is 5.57 Å². The number of aryl methyl sites for hydroxylation is 1. The molecule has 1 nitrogen and oxygen atoms in total. The Morgan fingerprint density at radius 2 is 2.25 bits per heavy atom. The summed E-state index contributed by atoms with van der Waals surface area (Å²) >= 11 is 0. The van der Waals surface area contributed by atoms with Crippen molar-refractivity contribution in [3.05, 3.63) is 41.7 Å². The van der Waals surface area contributed by atoms with Crippen LogP contribution in [0.4, 0.5) is 4.39 Å². The van der Waals surface area contributed by atoms with Crippen molar-refractivity contribution in [2.75, 3.05) is 6.54 Å². The number of hydrogen-bond acceptors (Lipinski definition) is 1. The van der Waals surface area contributed by atoms with Crippen molar-refractivity contribution < 1.29 is 4.39 Å². The van der Waals surface area contributed by atoms with E-state index in [2.05, 4.69) is 6.58 Å². The van der Waals surface area contributed by atoms with Crippen molar-refractivity contribution in [1.29, 1.82) is 0 Å². The Bertz CT molecular complexity index is 305. The quantitative estimate of drug-likeness (QED) is 0.713. The molecule has 0 saturated carbocycles. The number of nitrogens with two attached hydrogens (primary N) is 1. The van der Waals surface area contributed by atoms with Crippen LogP contribution in [0, 0.1) is 12.7 Å². The van der Waals surface area contributed by atoms with Gasteiger partial charge in [-0.1, -0.05) is 12.6 Å². The van der Waals surface area contributed by atoms with Crippen LogP contribution in [-0.4, -0.2) is 6.54 Å². The van der Waals surface area contributed by atoms with Crippen LogP contribution >= 0.6 is 0 Å². The van der Waals surface area contributed by atoms with Gasteiger partial charge in [0.25, 0.3) is 0 Å². The summed E-state index contributed by atoms with van der Waals surface area (Å²) in [6.07, 6.45) is 0. The maximum Gasteiger partial charge on any atom is 0.126 e. The smallest absolute Gasteiger partial charge is 0.126 e. The first-order valence-electron chi connectivity index (χ1n) is 3.79. The Morgan fingerprint density at radius 1 is 1.58 bits per heavy atom. The van der Waals surface area contributed by atoms with E-state index in [9.17, 15) is 4.39 Å². The molecule has 0 fully saturated rings. The SMILES string of the molecule is C=C(CN)c1ccc(F)c(C)c1. The Balaban J connectivity index is 3.05. The van der Waals surface area contributed by atoms with E-state index in [4.69, 9.17) is 5.73 Å². The van der Waals surface area contributed by atoms with Gasteiger partial charge in [-0.05, 0) is 35.8 Å². The van der Waals surface area contributed by atoms with Crippen LogP contribution in [0.15, 0.2) is 24.8 Å².